The van der Waals surface area contributed by atoms with Crippen molar-refractivity contribution in [1.29, 1.82) is 0 Å². The monoisotopic (exact) mass is 522 g/mol. The molecule has 0 saturated carbocycles. The van der Waals surface area contributed by atoms with Gasteiger partial charge in [0.25, 0.3) is 17.7 Å². The summed E-state index contributed by atoms with van der Waals surface area (Å²) in [5, 5.41) is 2.27. The maximum atomic E-state index is 14.1. The van der Waals surface area contributed by atoms with Crippen LogP contribution in [0.3, 0.4) is 0 Å². The van der Waals surface area contributed by atoms with Crippen molar-refractivity contribution in [3.63, 3.8) is 0 Å². The molecule has 0 spiro atoms. The van der Waals surface area contributed by atoms with Crippen molar-refractivity contribution in [1.82, 2.24) is 20.7 Å². The van der Waals surface area contributed by atoms with Crippen molar-refractivity contribution >= 4 is 40.7 Å². The van der Waals surface area contributed by atoms with Crippen molar-refractivity contribution in [3.8, 4) is 0 Å². The molecule has 2 N–H and O–H groups in total. The number of likely N-dealkylation sites (tertiary alicyclic amines) is 1. The quantitative estimate of drug-likeness (QED) is 0.500. The molecular weight excluding hydrogens is 505 g/mol. The second-order valence-electron chi connectivity index (χ2n) is 7.80. The van der Waals surface area contributed by atoms with Crippen LogP contribution in [0.1, 0.15) is 55.0 Å². The third kappa shape index (κ3) is 5.63. The van der Waals surface area contributed by atoms with Crippen LogP contribution >= 0.6 is 22.9 Å². The summed E-state index contributed by atoms with van der Waals surface area (Å²) in [5.74, 6) is -4.58. The number of thiazole rings is 1. The van der Waals surface area contributed by atoms with Crippen LogP contribution in [-0.2, 0) is 0 Å². The maximum Gasteiger partial charge on any atom is 0.289 e. The van der Waals surface area contributed by atoms with Gasteiger partial charge in [0.05, 0.1) is 15.6 Å². The number of hydrazine groups is 1. The number of hydrogen-bond donors (Lipinski definition) is 2. The highest BCUT2D eigenvalue weighted by atomic mass is 35.5. The molecule has 12 heteroatoms. The molecular formula is C23H18ClF3N4O3S. The first-order valence-corrected chi connectivity index (χ1v) is 11.7. The highest BCUT2D eigenvalue weighted by Crippen LogP contribution is 2.31. The van der Waals surface area contributed by atoms with Gasteiger partial charge in [0.2, 0.25) is 0 Å². The van der Waals surface area contributed by atoms with Crippen LogP contribution < -0.4 is 10.9 Å². The lowest BCUT2D eigenvalue weighted by molar-refractivity contribution is 0.0708. The van der Waals surface area contributed by atoms with Gasteiger partial charge in [-0.15, -0.1) is 11.3 Å². The fraction of sp³-hybridized carbons (Fsp3) is 0.217. The van der Waals surface area contributed by atoms with E-state index >= 15 is 0 Å². The SMILES string of the molecule is O=C(NNC(=O)c1csc(C2CCN(C(=O)c3c(F)cccc3Cl)CC2)n1)c1cc(F)cc(F)c1. The normalized spacial score (nSPS) is 14.0. The van der Waals surface area contributed by atoms with Gasteiger partial charge in [0.15, 0.2) is 0 Å². The van der Waals surface area contributed by atoms with E-state index in [2.05, 4.69) is 15.8 Å². The van der Waals surface area contributed by atoms with Crippen LogP contribution in [0.2, 0.25) is 5.02 Å². The van der Waals surface area contributed by atoms with Crippen LogP contribution in [0.25, 0.3) is 0 Å². The van der Waals surface area contributed by atoms with E-state index in [9.17, 15) is 27.6 Å². The highest BCUT2D eigenvalue weighted by molar-refractivity contribution is 7.09. The van der Waals surface area contributed by atoms with Gasteiger partial charge >= 0.3 is 0 Å². The smallest absolute Gasteiger partial charge is 0.289 e. The summed E-state index contributed by atoms with van der Waals surface area (Å²) >= 11 is 7.26. The molecule has 1 aromatic heterocycles. The first kappa shape index (κ1) is 24.7. The van der Waals surface area contributed by atoms with Crippen molar-refractivity contribution in [2.75, 3.05) is 13.1 Å². The minimum atomic E-state index is -0.921. The maximum absolute atomic E-state index is 14.1. The second kappa shape index (κ2) is 10.4. The standard InChI is InChI=1S/C23H18ClF3N4O3S/c24-16-2-1-3-17(27)19(16)23(34)31-6-4-12(5-7-31)22-28-18(11-35-22)21(33)30-29-20(32)13-8-14(25)10-15(26)9-13/h1-3,8-12H,4-7H2,(H,29,32)(H,30,33). The summed E-state index contributed by atoms with van der Waals surface area (Å²) in [7, 11) is 0. The summed E-state index contributed by atoms with van der Waals surface area (Å²) in [6, 6.07) is 6.38. The molecule has 4 rings (SSSR count). The predicted octanol–water partition coefficient (Wildman–Crippen LogP) is 4.31. The molecule has 182 valence electrons. The number of piperidine rings is 1. The molecule has 3 amide bonds. The summed E-state index contributed by atoms with van der Waals surface area (Å²) in [6.45, 7) is 0.741. The third-order valence-corrected chi connectivity index (χ3v) is 6.80. The van der Waals surface area contributed by atoms with E-state index in [-0.39, 0.29) is 27.8 Å². The molecule has 0 atom stereocenters. The van der Waals surface area contributed by atoms with Crippen LogP contribution in [0, 0.1) is 17.5 Å². The molecule has 1 aliphatic rings. The number of carbonyl (C=O) groups excluding carboxylic acids is 3. The molecule has 2 heterocycles. The number of aromatic nitrogens is 1. The van der Waals surface area contributed by atoms with Gasteiger partial charge in [-0.05, 0) is 37.1 Å². The number of amides is 3. The molecule has 7 nitrogen and oxygen atoms in total. The lowest BCUT2D eigenvalue weighted by atomic mass is 9.97. The van der Waals surface area contributed by atoms with Crippen LogP contribution in [0.4, 0.5) is 13.2 Å². The van der Waals surface area contributed by atoms with Gasteiger partial charge in [0, 0.05) is 36.0 Å². The Balaban J connectivity index is 1.32. The first-order chi connectivity index (χ1) is 16.7. The van der Waals surface area contributed by atoms with Gasteiger partial charge in [0.1, 0.15) is 23.1 Å². The minimum Gasteiger partial charge on any atom is -0.338 e. The number of benzene rings is 2. The van der Waals surface area contributed by atoms with E-state index in [1.807, 2.05) is 0 Å². The lowest BCUT2D eigenvalue weighted by Crippen LogP contribution is -2.41. The van der Waals surface area contributed by atoms with E-state index in [0.717, 1.165) is 12.1 Å². The number of hydrogen-bond acceptors (Lipinski definition) is 5. The van der Waals surface area contributed by atoms with E-state index in [4.69, 9.17) is 11.6 Å². The molecule has 2 aromatic carbocycles. The van der Waals surface area contributed by atoms with Gasteiger partial charge < -0.3 is 4.90 Å². The zero-order valence-electron chi connectivity index (χ0n) is 18.0. The summed E-state index contributed by atoms with van der Waals surface area (Å²) in [6.07, 6.45) is 1.13. The van der Waals surface area contributed by atoms with Crippen molar-refractivity contribution in [3.05, 3.63) is 86.1 Å². The molecule has 1 fully saturated rings. The minimum absolute atomic E-state index is 0.00782. The van der Waals surface area contributed by atoms with Crippen LogP contribution in [0.5, 0.6) is 0 Å². The highest BCUT2D eigenvalue weighted by Gasteiger charge is 2.29. The molecule has 0 radical (unpaired) electrons. The van der Waals surface area contributed by atoms with Gasteiger partial charge in [-0.2, -0.15) is 0 Å². The van der Waals surface area contributed by atoms with Crippen molar-refractivity contribution < 1.29 is 27.6 Å². The lowest BCUT2D eigenvalue weighted by Gasteiger charge is -2.31. The number of nitrogens with one attached hydrogen (secondary N) is 2. The largest absolute Gasteiger partial charge is 0.338 e. The number of carbonyl (C=O) groups is 3. The molecule has 35 heavy (non-hydrogen) atoms. The van der Waals surface area contributed by atoms with E-state index in [1.54, 1.807) is 0 Å². The zero-order valence-corrected chi connectivity index (χ0v) is 19.6. The first-order valence-electron chi connectivity index (χ1n) is 10.5. The zero-order chi connectivity index (χ0) is 25.1. The molecule has 0 unspecified atom stereocenters. The van der Waals surface area contributed by atoms with E-state index in [0.29, 0.717) is 37.0 Å². The number of nitrogens with zero attached hydrogens (tertiary/aromatic N) is 2. The molecule has 0 aliphatic carbocycles. The molecule has 1 aliphatic heterocycles. The summed E-state index contributed by atoms with van der Waals surface area (Å²) in [4.78, 5) is 42.9. The Bertz CT molecular complexity index is 1250. The second-order valence-corrected chi connectivity index (χ2v) is 9.10. The average molecular weight is 523 g/mol. The number of rotatable bonds is 4. The Morgan fingerprint density at radius 2 is 1.66 bits per heavy atom. The Hall–Kier alpha value is -3.44. The topological polar surface area (TPSA) is 91.4 Å². The average Bonchev–Trinajstić information content (AvgIpc) is 3.32. The summed E-state index contributed by atoms with van der Waals surface area (Å²) < 4.78 is 40.6. The number of halogens is 4. The van der Waals surface area contributed by atoms with E-state index < -0.39 is 35.2 Å². The van der Waals surface area contributed by atoms with E-state index in [1.165, 1.54) is 39.8 Å². The Morgan fingerprint density at radius 1 is 1.00 bits per heavy atom. The molecule has 1 saturated heterocycles. The fourth-order valence-corrected chi connectivity index (χ4v) is 4.92. The molecule has 3 aromatic rings. The summed E-state index contributed by atoms with van der Waals surface area (Å²) in [5.41, 5.74) is 3.87. The fourth-order valence-electron chi connectivity index (χ4n) is 3.70. The van der Waals surface area contributed by atoms with Crippen LogP contribution in [0.15, 0.2) is 41.8 Å². The van der Waals surface area contributed by atoms with Gasteiger partial charge in [-0.1, -0.05) is 17.7 Å². The third-order valence-electron chi connectivity index (χ3n) is 5.48. The molecule has 0 bridgehead atoms. The Labute approximate surface area is 206 Å². The predicted molar refractivity (Wildman–Crippen MR) is 123 cm³/mol. The Morgan fingerprint density at radius 3 is 2.31 bits per heavy atom. The van der Waals surface area contributed by atoms with Gasteiger partial charge in [-0.3, -0.25) is 25.2 Å². The van der Waals surface area contributed by atoms with Crippen molar-refractivity contribution in [2.45, 2.75) is 18.8 Å². The Kier molecular flexibility index (Phi) is 7.37. The van der Waals surface area contributed by atoms with Crippen LogP contribution in [-0.4, -0.2) is 40.7 Å². The van der Waals surface area contributed by atoms with Gasteiger partial charge in [-0.25, -0.2) is 18.2 Å². The van der Waals surface area contributed by atoms with Crippen molar-refractivity contribution in [2.24, 2.45) is 0 Å².